The molecule has 124 valence electrons. The fraction of sp³-hybridized carbons (Fsp3) is 0.875. The van der Waals surface area contributed by atoms with Crippen LogP contribution >= 0.6 is 0 Å². The van der Waals surface area contributed by atoms with E-state index < -0.39 is 24.5 Å². The third-order valence-corrected chi connectivity index (χ3v) is 3.45. The van der Waals surface area contributed by atoms with E-state index in [0.29, 0.717) is 6.61 Å². The van der Waals surface area contributed by atoms with Gasteiger partial charge in [-0.2, -0.15) is 0 Å². The van der Waals surface area contributed by atoms with Gasteiger partial charge in [0.25, 0.3) is 0 Å². The smallest absolute Gasteiger partial charge is 0.333 e. The first kappa shape index (κ1) is 19.9. The Morgan fingerprint density at radius 1 is 0.857 bits per heavy atom. The lowest BCUT2D eigenvalue weighted by molar-refractivity contribution is -0.156. The molecule has 0 amide bonds. The predicted molar refractivity (Wildman–Crippen MR) is 81.5 cm³/mol. The Morgan fingerprint density at radius 2 is 1.33 bits per heavy atom. The van der Waals surface area contributed by atoms with E-state index in [-0.39, 0.29) is 0 Å². The molecule has 0 bridgehead atoms. The lowest BCUT2D eigenvalue weighted by Gasteiger charge is -2.11. The average Bonchev–Trinajstić information content (AvgIpc) is 2.42. The van der Waals surface area contributed by atoms with Crippen molar-refractivity contribution in [2.24, 2.45) is 0 Å². The molecule has 5 nitrogen and oxygen atoms in total. The van der Waals surface area contributed by atoms with Gasteiger partial charge in [-0.15, -0.1) is 0 Å². The standard InChI is InChI=1S/C16H30O5/c1-2-3-4-5-6-7-8-9-10-11-12-21-14(16(19)20)13-15(17)18/h14H,2-13H2,1H3,(H,17,18)(H,19,20). The van der Waals surface area contributed by atoms with Crippen molar-refractivity contribution in [3.05, 3.63) is 0 Å². The SMILES string of the molecule is CCCCCCCCCCCCOC(CC(=O)O)C(=O)O. The number of carboxylic acid groups (broad SMARTS) is 2. The number of ether oxygens (including phenoxy) is 1. The molecule has 21 heavy (non-hydrogen) atoms. The minimum absolute atomic E-state index is 0.320. The Kier molecular flexibility index (Phi) is 13.1. The van der Waals surface area contributed by atoms with Crippen molar-refractivity contribution in [1.29, 1.82) is 0 Å². The fourth-order valence-electron chi connectivity index (χ4n) is 2.19. The van der Waals surface area contributed by atoms with Crippen LogP contribution in [0.3, 0.4) is 0 Å². The second-order valence-corrected chi connectivity index (χ2v) is 5.48. The maximum atomic E-state index is 10.8. The fourth-order valence-corrected chi connectivity index (χ4v) is 2.19. The Hall–Kier alpha value is -1.10. The molecular weight excluding hydrogens is 272 g/mol. The van der Waals surface area contributed by atoms with Crippen LogP contribution in [0.15, 0.2) is 0 Å². The van der Waals surface area contributed by atoms with E-state index in [0.717, 1.165) is 19.3 Å². The monoisotopic (exact) mass is 302 g/mol. The van der Waals surface area contributed by atoms with Gasteiger partial charge < -0.3 is 14.9 Å². The summed E-state index contributed by atoms with van der Waals surface area (Å²) >= 11 is 0. The van der Waals surface area contributed by atoms with E-state index in [9.17, 15) is 9.59 Å². The minimum atomic E-state index is -1.22. The van der Waals surface area contributed by atoms with E-state index in [1.807, 2.05) is 0 Å². The summed E-state index contributed by atoms with van der Waals surface area (Å²) in [6.45, 7) is 2.54. The van der Waals surface area contributed by atoms with Gasteiger partial charge in [0, 0.05) is 6.61 Å². The van der Waals surface area contributed by atoms with E-state index in [1.54, 1.807) is 0 Å². The topological polar surface area (TPSA) is 83.8 Å². The molecule has 1 unspecified atom stereocenters. The number of hydrogen-bond acceptors (Lipinski definition) is 3. The van der Waals surface area contributed by atoms with Gasteiger partial charge in [0.15, 0.2) is 6.10 Å². The molecule has 0 aromatic rings. The van der Waals surface area contributed by atoms with Crippen LogP contribution in [-0.2, 0) is 14.3 Å². The summed E-state index contributed by atoms with van der Waals surface area (Å²) in [5.74, 6) is -2.35. The van der Waals surface area contributed by atoms with Gasteiger partial charge in [-0.1, -0.05) is 64.7 Å². The molecule has 0 heterocycles. The number of rotatable bonds is 15. The molecule has 2 N–H and O–H groups in total. The lowest BCUT2D eigenvalue weighted by Crippen LogP contribution is -2.27. The molecule has 0 aliphatic heterocycles. The van der Waals surface area contributed by atoms with Crippen LogP contribution in [0.5, 0.6) is 0 Å². The zero-order chi connectivity index (χ0) is 15.9. The number of aliphatic carboxylic acids is 2. The van der Waals surface area contributed by atoms with Crippen LogP contribution in [0.4, 0.5) is 0 Å². The second-order valence-electron chi connectivity index (χ2n) is 5.48. The summed E-state index contributed by atoms with van der Waals surface area (Å²) in [5.41, 5.74) is 0. The van der Waals surface area contributed by atoms with E-state index >= 15 is 0 Å². The highest BCUT2D eigenvalue weighted by molar-refractivity contribution is 5.79. The normalized spacial score (nSPS) is 12.2. The van der Waals surface area contributed by atoms with Gasteiger partial charge in [0.1, 0.15) is 0 Å². The van der Waals surface area contributed by atoms with E-state index in [1.165, 1.54) is 44.9 Å². The largest absolute Gasteiger partial charge is 0.481 e. The molecule has 0 saturated heterocycles. The third kappa shape index (κ3) is 13.6. The molecular formula is C16H30O5. The number of hydrogen-bond donors (Lipinski definition) is 2. The molecule has 0 fully saturated rings. The first-order chi connectivity index (χ1) is 10.1. The highest BCUT2D eigenvalue weighted by Crippen LogP contribution is 2.11. The van der Waals surface area contributed by atoms with Crippen molar-refractivity contribution >= 4 is 11.9 Å². The first-order valence-electron chi connectivity index (χ1n) is 8.14. The van der Waals surface area contributed by atoms with E-state index in [2.05, 4.69) is 6.92 Å². The Morgan fingerprint density at radius 3 is 1.76 bits per heavy atom. The molecule has 5 heteroatoms. The van der Waals surface area contributed by atoms with Gasteiger partial charge >= 0.3 is 11.9 Å². The molecule has 0 saturated carbocycles. The van der Waals surface area contributed by atoms with Crippen molar-refractivity contribution in [3.63, 3.8) is 0 Å². The molecule has 0 aliphatic carbocycles. The van der Waals surface area contributed by atoms with Crippen LogP contribution < -0.4 is 0 Å². The third-order valence-electron chi connectivity index (χ3n) is 3.45. The van der Waals surface area contributed by atoms with Gasteiger partial charge in [-0.25, -0.2) is 4.79 Å². The molecule has 0 spiro atoms. The summed E-state index contributed by atoms with van der Waals surface area (Å²) in [7, 11) is 0. The molecule has 0 rings (SSSR count). The van der Waals surface area contributed by atoms with Crippen molar-refractivity contribution in [3.8, 4) is 0 Å². The van der Waals surface area contributed by atoms with Crippen molar-refractivity contribution < 1.29 is 24.5 Å². The molecule has 0 aromatic heterocycles. The molecule has 0 aromatic carbocycles. The van der Waals surface area contributed by atoms with Crippen LogP contribution in [0.25, 0.3) is 0 Å². The minimum Gasteiger partial charge on any atom is -0.481 e. The average molecular weight is 302 g/mol. The summed E-state index contributed by atoms with van der Waals surface area (Å²) in [6, 6.07) is 0. The first-order valence-corrected chi connectivity index (χ1v) is 8.14. The summed E-state index contributed by atoms with van der Waals surface area (Å²) in [5, 5.41) is 17.4. The van der Waals surface area contributed by atoms with Crippen LogP contribution in [-0.4, -0.2) is 34.9 Å². The van der Waals surface area contributed by atoms with Gasteiger partial charge in [-0.05, 0) is 6.42 Å². The molecule has 0 aliphatic rings. The van der Waals surface area contributed by atoms with Gasteiger partial charge in [0.05, 0.1) is 6.42 Å². The maximum Gasteiger partial charge on any atom is 0.333 e. The Balaban J connectivity index is 3.38. The van der Waals surface area contributed by atoms with Gasteiger partial charge in [0.2, 0.25) is 0 Å². The Labute approximate surface area is 127 Å². The maximum absolute atomic E-state index is 10.8. The number of unbranched alkanes of at least 4 members (excludes halogenated alkanes) is 9. The van der Waals surface area contributed by atoms with Crippen LogP contribution in [0.1, 0.15) is 77.6 Å². The lowest BCUT2D eigenvalue weighted by atomic mass is 10.1. The Bertz CT molecular complexity index is 278. The highest BCUT2D eigenvalue weighted by Gasteiger charge is 2.21. The zero-order valence-corrected chi connectivity index (χ0v) is 13.2. The van der Waals surface area contributed by atoms with Crippen molar-refractivity contribution in [2.45, 2.75) is 83.7 Å². The number of carbonyl (C=O) groups is 2. The highest BCUT2D eigenvalue weighted by atomic mass is 16.5. The summed E-state index contributed by atoms with van der Waals surface area (Å²) in [4.78, 5) is 21.2. The van der Waals surface area contributed by atoms with Crippen LogP contribution in [0, 0.1) is 0 Å². The van der Waals surface area contributed by atoms with Crippen LogP contribution in [0.2, 0.25) is 0 Å². The van der Waals surface area contributed by atoms with Crippen molar-refractivity contribution in [1.82, 2.24) is 0 Å². The zero-order valence-electron chi connectivity index (χ0n) is 13.2. The second kappa shape index (κ2) is 13.9. The number of carboxylic acids is 2. The van der Waals surface area contributed by atoms with E-state index in [4.69, 9.17) is 14.9 Å². The molecule has 1 atom stereocenters. The summed E-state index contributed by atoms with van der Waals surface area (Å²) in [6.07, 6.45) is 10.3. The summed E-state index contributed by atoms with van der Waals surface area (Å²) < 4.78 is 5.11. The van der Waals surface area contributed by atoms with Gasteiger partial charge in [-0.3, -0.25) is 4.79 Å². The predicted octanol–water partition coefficient (Wildman–Crippen LogP) is 3.85. The quantitative estimate of drug-likeness (QED) is 0.449. The van der Waals surface area contributed by atoms with Crippen molar-refractivity contribution in [2.75, 3.05) is 6.61 Å². The molecule has 0 radical (unpaired) electrons.